The van der Waals surface area contributed by atoms with Gasteiger partial charge in [-0.05, 0) is 101 Å². The predicted molar refractivity (Wildman–Crippen MR) is 170 cm³/mol. The molecular formula is C36H39F3N4O2. The molecular weight excluding hydrogens is 577 g/mol. The molecule has 0 spiro atoms. The summed E-state index contributed by atoms with van der Waals surface area (Å²) in [6.45, 7) is 11.2. The Morgan fingerprint density at radius 2 is 1.56 bits per heavy atom. The van der Waals surface area contributed by atoms with Crippen LogP contribution < -0.4 is 5.56 Å². The normalized spacial score (nSPS) is 13.4. The first-order chi connectivity index (χ1) is 21.3. The molecule has 0 amide bonds. The molecule has 2 atom stereocenters. The largest absolute Gasteiger partial charge is 0.416 e. The van der Waals surface area contributed by atoms with E-state index in [1.165, 1.54) is 12.1 Å². The van der Waals surface area contributed by atoms with Crippen molar-refractivity contribution in [3.8, 4) is 11.8 Å². The molecule has 236 valence electrons. The van der Waals surface area contributed by atoms with Crippen LogP contribution in [0.5, 0.6) is 0 Å². The highest BCUT2D eigenvalue weighted by Crippen LogP contribution is 2.33. The summed E-state index contributed by atoms with van der Waals surface area (Å²) in [4.78, 5) is 34.8. The smallest absolute Gasteiger partial charge is 0.299 e. The SMILES string of the molecule is CC(C)N(CCC(CC(=O)Cc1ccc(C(F)(F)F)cc1)[C@H](C)c1nc2ccccc2c(=O)n1-c1ccc(C#N)cc1)C(C)C. The zero-order valence-electron chi connectivity index (χ0n) is 26.3. The fraction of sp³-hybridized carbons (Fsp3) is 0.389. The number of nitriles is 1. The molecule has 1 heterocycles. The first-order valence-electron chi connectivity index (χ1n) is 15.3. The van der Waals surface area contributed by atoms with Gasteiger partial charge in [-0.25, -0.2) is 4.98 Å². The van der Waals surface area contributed by atoms with Gasteiger partial charge in [0.15, 0.2) is 0 Å². The van der Waals surface area contributed by atoms with Crippen molar-refractivity contribution in [2.24, 2.45) is 5.92 Å². The third kappa shape index (κ3) is 8.06. The summed E-state index contributed by atoms with van der Waals surface area (Å²) in [5, 5.41) is 9.77. The van der Waals surface area contributed by atoms with E-state index in [9.17, 15) is 28.0 Å². The van der Waals surface area contributed by atoms with Crippen LogP contribution in [0.4, 0.5) is 13.2 Å². The van der Waals surface area contributed by atoms with E-state index in [0.717, 1.165) is 12.1 Å². The van der Waals surface area contributed by atoms with Crippen LogP contribution in [0.1, 0.15) is 75.9 Å². The van der Waals surface area contributed by atoms with Gasteiger partial charge in [0.2, 0.25) is 0 Å². The van der Waals surface area contributed by atoms with Gasteiger partial charge in [0.1, 0.15) is 11.6 Å². The van der Waals surface area contributed by atoms with E-state index in [4.69, 9.17) is 4.98 Å². The molecule has 1 aromatic heterocycles. The molecule has 6 nitrogen and oxygen atoms in total. The lowest BCUT2D eigenvalue weighted by Gasteiger charge is -2.33. The minimum Gasteiger partial charge on any atom is -0.299 e. The van der Waals surface area contributed by atoms with Gasteiger partial charge >= 0.3 is 6.18 Å². The number of alkyl halides is 3. The van der Waals surface area contributed by atoms with Crippen molar-refractivity contribution in [3.05, 3.63) is 106 Å². The Morgan fingerprint density at radius 3 is 2.13 bits per heavy atom. The molecule has 0 radical (unpaired) electrons. The summed E-state index contributed by atoms with van der Waals surface area (Å²) in [6.07, 6.45) is -3.62. The van der Waals surface area contributed by atoms with Crippen LogP contribution in [-0.4, -0.2) is 38.9 Å². The Hall–Kier alpha value is -4.29. The quantitative estimate of drug-likeness (QED) is 0.163. The summed E-state index contributed by atoms with van der Waals surface area (Å²) < 4.78 is 40.8. The van der Waals surface area contributed by atoms with Crippen LogP contribution in [0.15, 0.2) is 77.6 Å². The number of nitrogens with zero attached hydrogens (tertiary/aromatic N) is 4. The monoisotopic (exact) mass is 616 g/mol. The molecule has 0 aliphatic rings. The van der Waals surface area contributed by atoms with Crippen LogP contribution in [0, 0.1) is 17.2 Å². The number of para-hydroxylation sites is 1. The molecule has 45 heavy (non-hydrogen) atoms. The molecule has 0 saturated heterocycles. The number of Topliss-reactive ketones (excluding diaryl/α,β-unsaturated/α-hetero) is 1. The second-order valence-electron chi connectivity index (χ2n) is 12.2. The van der Waals surface area contributed by atoms with Gasteiger partial charge in [-0.1, -0.05) is 31.2 Å². The summed E-state index contributed by atoms with van der Waals surface area (Å²) >= 11 is 0. The highest BCUT2D eigenvalue weighted by Gasteiger charge is 2.31. The minimum absolute atomic E-state index is 0.00695. The molecule has 0 saturated carbocycles. The van der Waals surface area contributed by atoms with Gasteiger partial charge in [0, 0.05) is 30.8 Å². The topological polar surface area (TPSA) is 79.0 Å². The number of aromatic nitrogens is 2. The maximum absolute atomic E-state index is 13.9. The fourth-order valence-corrected chi connectivity index (χ4v) is 5.96. The summed E-state index contributed by atoms with van der Waals surface area (Å²) in [5.41, 5.74) is 1.10. The maximum atomic E-state index is 13.9. The summed E-state index contributed by atoms with van der Waals surface area (Å²) in [6, 6.07) is 21.2. The fourth-order valence-electron chi connectivity index (χ4n) is 5.96. The zero-order valence-corrected chi connectivity index (χ0v) is 26.3. The molecule has 0 fully saturated rings. The van der Waals surface area contributed by atoms with Crippen molar-refractivity contribution in [3.63, 3.8) is 0 Å². The number of rotatable bonds is 12. The molecule has 4 aromatic rings. The Kier molecular flexibility index (Phi) is 10.6. The Labute approximate surface area is 262 Å². The van der Waals surface area contributed by atoms with E-state index >= 15 is 0 Å². The van der Waals surface area contributed by atoms with Crippen LogP contribution in [-0.2, 0) is 17.4 Å². The van der Waals surface area contributed by atoms with E-state index in [1.807, 2.05) is 13.0 Å². The van der Waals surface area contributed by atoms with E-state index in [2.05, 4.69) is 38.7 Å². The van der Waals surface area contributed by atoms with E-state index in [0.29, 0.717) is 46.5 Å². The molecule has 0 N–H and O–H groups in total. The number of benzene rings is 3. The first kappa shape index (κ1) is 33.6. The summed E-state index contributed by atoms with van der Waals surface area (Å²) in [5.74, 6) is -0.142. The van der Waals surface area contributed by atoms with Crippen LogP contribution in [0.3, 0.4) is 0 Å². The number of carbonyl (C=O) groups excluding carboxylic acids is 1. The number of ketones is 1. The highest BCUT2D eigenvalue weighted by molar-refractivity contribution is 5.81. The Balaban J connectivity index is 1.74. The molecule has 4 rings (SSSR count). The highest BCUT2D eigenvalue weighted by atomic mass is 19.4. The molecule has 0 aliphatic carbocycles. The first-order valence-corrected chi connectivity index (χ1v) is 15.3. The standard InChI is InChI=1S/C36H39F3N4O2/c1-23(2)42(24(3)4)19-18-28(21-31(44)20-26-10-14-29(15-11-26)36(37,38)39)25(5)34-41-33-9-7-6-8-32(33)35(45)43(34)30-16-12-27(22-40)13-17-30/h6-17,23-25,28H,18-21H2,1-5H3/t25-,28?/m0/s1. The lowest BCUT2D eigenvalue weighted by molar-refractivity contribution is -0.137. The van der Waals surface area contributed by atoms with E-state index in [-0.39, 0.29) is 48.1 Å². The van der Waals surface area contributed by atoms with Crippen molar-refractivity contribution >= 4 is 16.7 Å². The molecule has 0 aliphatic heterocycles. The van der Waals surface area contributed by atoms with Crippen molar-refractivity contribution in [1.29, 1.82) is 5.26 Å². The second kappa shape index (κ2) is 14.2. The number of fused-ring (bicyclic) bond motifs is 1. The van der Waals surface area contributed by atoms with Crippen molar-refractivity contribution < 1.29 is 18.0 Å². The van der Waals surface area contributed by atoms with Gasteiger partial charge < -0.3 is 0 Å². The number of halogens is 3. The van der Waals surface area contributed by atoms with Gasteiger partial charge in [-0.3, -0.25) is 19.1 Å². The predicted octanol–water partition coefficient (Wildman–Crippen LogP) is 7.71. The average Bonchev–Trinajstić information content (AvgIpc) is 2.99. The molecule has 0 bridgehead atoms. The van der Waals surface area contributed by atoms with Crippen LogP contribution >= 0.6 is 0 Å². The van der Waals surface area contributed by atoms with Crippen LogP contribution in [0.2, 0.25) is 0 Å². The van der Waals surface area contributed by atoms with Crippen molar-refractivity contribution in [2.75, 3.05) is 6.54 Å². The maximum Gasteiger partial charge on any atom is 0.416 e. The van der Waals surface area contributed by atoms with E-state index in [1.54, 1.807) is 47.0 Å². The van der Waals surface area contributed by atoms with Crippen molar-refractivity contribution in [1.82, 2.24) is 14.5 Å². The average molecular weight is 617 g/mol. The lowest BCUT2D eigenvalue weighted by atomic mass is 9.84. The molecule has 9 heteroatoms. The third-order valence-electron chi connectivity index (χ3n) is 8.43. The number of hydrogen-bond donors (Lipinski definition) is 0. The summed E-state index contributed by atoms with van der Waals surface area (Å²) in [7, 11) is 0. The third-order valence-corrected chi connectivity index (χ3v) is 8.43. The lowest BCUT2D eigenvalue weighted by Crippen LogP contribution is -2.39. The second-order valence-corrected chi connectivity index (χ2v) is 12.2. The Bertz CT molecular complexity index is 1710. The van der Waals surface area contributed by atoms with Crippen molar-refractivity contribution in [2.45, 2.75) is 78.1 Å². The molecule has 3 aromatic carbocycles. The number of hydrogen-bond acceptors (Lipinski definition) is 5. The van der Waals surface area contributed by atoms with Crippen LogP contribution in [0.25, 0.3) is 16.6 Å². The Morgan fingerprint density at radius 1 is 0.933 bits per heavy atom. The van der Waals surface area contributed by atoms with Gasteiger partial charge in [-0.15, -0.1) is 0 Å². The molecule has 1 unspecified atom stereocenters. The zero-order chi connectivity index (χ0) is 32.9. The van der Waals surface area contributed by atoms with Gasteiger partial charge in [-0.2, -0.15) is 18.4 Å². The van der Waals surface area contributed by atoms with E-state index < -0.39 is 11.7 Å². The van der Waals surface area contributed by atoms with Gasteiger partial charge in [0.25, 0.3) is 5.56 Å². The minimum atomic E-state index is -4.45. The van der Waals surface area contributed by atoms with Gasteiger partial charge in [0.05, 0.1) is 33.8 Å². The number of carbonyl (C=O) groups is 1.